The van der Waals surface area contributed by atoms with Crippen molar-refractivity contribution in [2.45, 2.75) is 33.5 Å². The molecule has 3 aromatic rings. The number of ether oxygens (including phenoxy) is 2. The molecule has 1 aromatic carbocycles. The molecule has 2 heterocycles. The molecule has 0 aliphatic carbocycles. The lowest BCUT2D eigenvalue weighted by Gasteiger charge is -2.12. The number of anilines is 1. The second-order valence-corrected chi connectivity index (χ2v) is 7.25. The normalized spacial score (nSPS) is 11.9. The highest BCUT2D eigenvalue weighted by Gasteiger charge is 2.20. The average Bonchev–Trinajstić information content (AvgIpc) is 3.03. The predicted molar refractivity (Wildman–Crippen MR) is 121 cm³/mol. The maximum absolute atomic E-state index is 12.4. The van der Waals surface area contributed by atoms with Crippen LogP contribution in [0.5, 0.6) is 5.75 Å². The molecule has 0 aliphatic heterocycles. The standard InChI is InChI=1S/C24H26N4O4/c1-16-23(17(2)28(4)27-16)26-24(30)18(3)32-22(29)13-10-19-8-11-21(12-9-19)31-15-20-7-5-6-14-25-20/h5-14,18H,15H2,1-4H3,(H,26,30)/b13-10+. The first-order chi connectivity index (χ1) is 15.3. The van der Waals surface area contributed by atoms with E-state index in [4.69, 9.17) is 9.47 Å². The van der Waals surface area contributed by atoms with Crippen LogP contribution in [0.3, 0.4) is 0 Å². The summed E-state index contributed by atoms with van der Waals surface area (Å²) in [5, 5.41) is 7.02. The number of nitrogens with one attached hydrogen (secondary N) is 1. The summed E-state index contributed by atoms with van der Waals surface area (Å²) in [6.45, 7) is 5.55. The van der Waals surface area contributed by atoms with Crippen molar-refractivity contribution in [1.29, 1.82) is 0 Å². The molecule has 0 spiro atoms. The van der Waals surface area contributed by atoms with Gasteiger partial charge in [0.2, 0.25) is 0 Å². The molecule has 8 heteroatoms. The number of aryl methyl sites for hydroxylation is 2. The van der Waals surface area contributed by atoms with Crippen molar-refractivity contribution >= 4 is 23.6 Å². The minimum atomic E-state index is -0.950. The highest BCUT2D eigenvalue weighted by Crippen LogP contribution is 2.19. The van der Waals surface area contributed by atoms with Crippen LogP contribution in [0.2, 0.25) is 0 Å². The zero-order valence-corrected chi connectivity index (χ0v) is 18.5. The number of amides is 1. The second kappa shape index (κ2) is 10.4. The third kappa shape index (κ3) is 6.04. The van der Waals surface area contributed by atoms with Gasteiger partial charge in [0.05, 0.1) is 22.8 Å². The quantitative estimate of drug-likeness (QED) is 0.430. The number of carbonyl (C=O) groups excluding carboxylic acids is 2. The van der Waals surface area contributed by atoms with E-state index in [1.807, 2.05) is 49.4 Å². The SMILES string of the molecule is Cc1nn(C)c(C)c1NC(=O)C(C)OC(=O)/C=C/c1ccc(OCc2ccccn2)cc1. The zero-order chi connectivity index (χ0) is 23.1. The van der Waals surface area contributed by atoms with Crippen LogP contribution in [0, 0.1) is 13.8 Å². The van der Waals surface area contributed by atoms with Gasteiger partial charge in [-0.1, -0.05) is 18.2 Å². The fraction of sp³-hybridized carbons (Fsp3) is 0.250. The second-order valence-electron chi connectivity index (χ2n) is 7.25. The summed E-state index contributed by atoms with van der Waals surface area (Å²) in [7, 11) is 1.80. The number of benzene rings is 1. The minimum absolute atomic E-state index is 0.375. The Bertz CT molecular complexity index is 1110. The third-order valence-electron chi connectivity index (χ3n) is 4.82. The molecule has 32 heavy (non-hydrogen) atoms. The van der Waals surface area contributed by atoms with Crippen molar-refractivity contribution in [3.8, 4) is 5.75 Å². The first-order valence-electron chi connectivity index (χ1n) is 10.2. The summed E-state index contributed by atoms with van der Waals surface area (Å²) in [5.74, 6) is -0.329. The Balaban J connectivity index is 1.49. The fourth-order valence-corrected chi connectivity index (χ4v) is 2.93. The van der Waals surface area contributed by atoms with Gasteiger partial charge in [0.25, 0.3) is 5.91 Å². The summed E-state index contributed by atoms with van der Waals surface area (Å²) in [5.41, 5.74) is 3.78. The number of carbonyl (C=O) groups is 2. The van der Waals surface area contributed by atoms with Gasteiger partial charge in [0, 0.05) is 19.3 Å². The largest absolute Gasteiger partial charge is 0.487 e. The van der Waals surface area contributed by atoms with Crippen LogP contribution in [-0.2, 0) is 28.0 Å². The van der Waals surface area contributed by atoms with Gasteiger partial charge >= 0.3 is 5.97 Å². The van der Waals surface area contributed by atoms with Crippen molar-refractivity contribution in [2.75, 3.05) is 5.32 Å². The summed E-state index contributed by atoms with van der Waals surface area (Å²) in [6.07, 6.45) is 3.67. The van der Waals surface area contributed by atoms with Crippen molar-refractivity contribution < 1.29 is 19.1 Å². The lowest BCUT2D eigenvalue weighted by Crippen LogP contribution is -2.29. The molecule has 0 saturated heterocycles. The molecular formula is C24H26N4O4. The molecule has 8 nitrogen and oxygen atoms in total. The van der Waals surface area contributed by atoms with Crippen LogP contribution < -0.4 is 10.1 Å². The highest BCUT2D eigenvalue weighted by atomic mass is 16.5. The smallest absolute Gasteiger partial charge is 0.331 e. The zero-order valence-electron chi connectivity index (χ0n) is 18.5. The van der Waals surface area contributed by atoms with E-state index in [2.05, 4.69) is 15.4 Å². The average molecular weight is 434 g/mol. The van der Waals surface area contributed by atoms with E-state index in [1.54, 1.807) is 30.9 Å². The molecule has 1 unspecified atom stereocenters. The van der Waals surface area contributed by atoms with E-state index in [-0.39, 0.29) is 0 Å². The highest BCUT2D eigenvalue weighted by molar-refractivity contribution is 5.97. The Labute approximate surface area is 186 Å². The molecule has 0 aliphatic rings. The first kappa shape index (κ1) is 22.7. The molecular weight excluding hydrogens is 408 g/mol. The molecule has 0 radical (unpaired) electrons. The Hall–Kier alpha value is -3.94. The molecule has 166 valence electrons. The molecule has 2 aromatic heterocycles. The van der Waals surface area contributed by atoms with Crippen LogP contribution >= 0.6 is 0 Å². The van der Waals surface area contributed by atoms with Gasteiger partial charge in [-0.15, -0.1) is 0 Å². The van der Waals surface area contributed by atoms with E-state index < -0.39 is 18.0 Å². The van der Waals surface area contributed by atoms with Crippen molar-refractivity contribution in [3.63, 3.8) is 0 Å². The number of hydrogen-bond donors (Lipinski definition) is 1. The summed E-state index contributed by atoms with van der Waals surface area (Å²) in [4.78, 5) is 28.7. The molecule has 3 rings (SSSR count). The van der Waals surface area contributed by atoms with Crippen molar-refractivity contribution in [2.24, 2.45) is 7.05 Å². The van der Waals surface area contributed by atoms with Gasteiger partial charge < -0.3 is 14.8 Å². The van der Waals surface area contributed by atoms with Gasteiger partial charge in [-0.25, -0.2) is 4.79 Å². The van der Waals surface area contributed by atoms with Crippen LogP contribution in [0.1, 0.15) is 29.6 Å². The van der Waals surface area contributed by atoms with Crippen LogP contribution in [-0.4, -0.2) is 32.7 Å². The lowest BCUT2D eigenvalue weighted by molar-refractivity contribution is -0.148. The van der Waals surface area contributed by atoms with Crippen molar-refractivity contribution in [1.82, 2.24) is 14.8 Å². The van der Waals surface area contributed by atoms with Gasteiger partial charge in [-0.05, 0) is 56.7 Å². The molecule has 0 fully saturated rings. The molecule has 1 N–H and O–H groups in total. The Kier molecular flexibility index (Phi) is 7.38. The van der Waals surface area contributed by atoms with Crippen LogP contribution in [0.25, 0.3) is 6.08 Å². The topological polar surface area (TPSA) is 95.3 Å². The monoisotopic (exact) mass is 434 g/mol. The Morgan fingerprint density at radius 1 is 1.16 bits per heavy atom. The van der Waals surface area contributed by atoms with E-state index in [0.29, 0.717) is 23.7 Å². The first-order valence-corrected chi connectivity index (χ1v) is 10.2. The van der Waals surface area contributed by atoms with E-state index in [1.165, 1.54) is 13.0 Å². The molecule has 1 atom stereocenters. The Morgan fingerprint density at radius 2 is 1.91 bits per heavy atom. The maximum Gasteiger partial charge on any atom is 0.331 e. The maximum atomic E-state index is 12.4. The van der Waals surface area contributed by atoms with Gasteiger partial charge in [0.1, 0.15) is 12.4 Å². The minimum Gasteiger partial charge on any atom is -0.487 e. The van der Waals surface area contributed by atoms with Gasteiger partial charge in [0.15, 0.2) is 6.10 Å². The number of nitrogens with zero attached hydrogens (tertiary/aromatic N) is 3. The lowest BCUT2D eigenvalue weighted by atomic mass is 10.2. The summed E-state index contributed by atoms with van der Waals surface area (Å²) in [6, 6.07) is 12.9. The number of pyridine rings is 1. The Morgan fingerprint density at radius 3 is 2.53 bits per heavy atom. The number of rotatable bonds is 8. The summed E-state index contributed by atoms with van der Waals surface area (Å²) < 4.78 is 12.6. The number of hydrogen-bond acceptors (Lipinski definition) is 6. The van der Waals surface area contributed by atoms with E-state index >= 15 is 0 Å². The number of esters is 1. The molecule has 0 bridgehead atoms. The fourth-order valence-electron chi connectivity index (χ4n) is 2.93. The van der Waals surface area contributed by atoms with Gasteiger partial charge in [-0.2, -0.15) is 5.10 Å². The van der Waals surface area contributed by atoms with Gasteiger partial charge in [-0.3, -0.25) is 14.5 Å². The third-order valence-corrected chi connectivity index (χ3v) is 4.82. The summed E-state index contributed by atoms with van der Waals surface area (Å²) >= 11 is 0. The van der Waals surface area contributed by atoms with Crippen molar-refractivity contribution in [3.05, 3.63) is 77.4 Å². The molecule has 1 amide bonds. The van der Waals surface area contributed by atoms with Crippen LogP contribution in [0.15, 0.2) is 54.7 Å². The van der Waals surface area contributed by atoms with E-state index in [9.17, 15) is 9.59 Å². The molecule has 0 saturated carbocycles. The predicted octanol–water partition coefficient (Wildman–Crippen LogP) is 3.59. The van der Waals surface area contributed by atoms with Crippen LogP contribution in [0.4, 0.5) is 5.69 Å². The van der Waals surface area contributed by atoms with E-state index in [0.717, 1.165) is 17.0 Å². The number of aromatic nitrogens is 3.